The Labute approximate surface area is 62.7 Å². The Bertz CT molecular complexity index is 17.2. The van der Waals surface area contributed by atoms with E-state index in [1.54, 1.807) is 0 Å². The van der Waals surface area contributed by atoms with Crippen LogP contribution < -0.4 is 0 Å². The van der Waals surface area contributed by atoms with Gasteiger partial charge in [0.1, 0.15) is 0 Å². The molecule has 0 heterocycles. The first-order chi connectivity index (χ1) is 2.41. The molecule has 0 aliphatic heterocycles. The summed E-state index contributed by atoms with van der Waals surface area (Å²) in [5, 5.41) is 1.34. The maximum absolute atomic E-state index is 2.21. The summed E-state index contributed by atoms with van der Waals surface area (Å²) in [5.41, 5.74) is 0. The molecule has 0 aromatic rings. The van der Waals surface area contributed by atoms with Gasteiger partial charge in [0.05, 0.1) is 0 Å². The van der Waals surface area contributed by atoms with Gasteiger partial charge < -0.3 is 0 Å². The summed E-state index contributed by atoms with van der Waals surface area (Å²) in [5.74, 6) is 0. The second kappa shape index (κ2) is 15.7. The van der Waals surface area contributed by atoms with Crippen LogP contribution in [-0.2, 0) is 0 Å². The second-order valence-electron chi connectivity index (χ2n) is 1.35. The molecule has 0 aliphatic carbocycles. The van der Waals surface area contributed by atoms with Gasteiger partial charge in [-0.05, 0) is 0 Å². The Morgan fingerprint density at radius 2 is 1.71 bits per heavy atom. The van der Waals surface area contributed by atoms with Crippen molar-refractivity contribution in [3.05, 3.63) is 0 Å². The third kappa shape index (κ3) is 18.6. The molecule has 2 atom stereocenters. The van der Waals surface area contributed by atoms with Crippen molar-refractivity contribution in [2.75, 3.05) is 0 Å². The van der Waals surface area contributed by atoms with Gasteiger partial charge >= 0.3 is 42.6 Å². The van der Waals surface area contributed by atoms with E-state index < -0.39 is 0 Å². The van der Waals surface area contributed by atoms with Gasteiger partial charge in [-0.2, -0.15) is 19.8 Å². The van der Waals surface area contributed by atoms with Crippen LogP contribution in [0.3, 0.4) is 0 Å². The number of hydrogen-bond acceptors (Lipinski definition) is 0. The third-order valence-electron chi connectivity index (χ3n) is 0.707. The maximum atomic E-state index is 2.21. The molecule has 0 bridgehead atoms. The van der Waals surface area contributed by atoms with Crippen molar-refractivity contribution in [1.82, 2.24) is 0 Å². The van der Waals surface area contributed by atoms with Crippen molar-refractivity contribution in [3.63, 3.8) is 0 Å². The first-order valence-corrected chi connectivity index (χ1v) is 2.41. The predicted octanol–water partition coefficient (Wildman–Crippen LogP) is 1.49. The Morgan fingerprint density at radius 3 is 1.71 bits per heavy atom. The van der Waals surface area contributed by atoms with Crippen LogP contribution in [0.25, 0.3) is 0 Å². The Hall–Kier alpha value is 1.46. The average Bonchev–Trinajstić information content (AvgIpc) is 1.41. The standard InChI is InChI=1S/C4H9.Li.2H3P/c1-3-4-2;;;/h1,3-4H2,2H3;;2*1H3. The fraction of sp³-hybridized carbons (Fsp3) is 1.00. The molecule has 0 amide bonds. The molecule has 0 radical (unpaired) electrons. The monoisotopic (exact) mass is 132 g/mol. The van der Waals surface area contributed by atoms with Crippen molar-refractivity contribution in [3.8, 4) is 0 Å². The Morgan fingerprint density at radius 1 is 1.29 bits per heavy atom. The van der Waals surface area contributed by atoms with Gasteiger partial charge in [-0.25, -0.2) is 0 Å². The molecule has 0 fully saturated rings. The molecule has 0 saturated carbocycles. The van der Waals surface area contributed by atoms with Gasteiger partial charge in [-0.15, -0.1) is 0 Å². The molecule has 0 aromatic carbocycles. The number of rotatable bonds is 2. The fourth-order valence-corrected chi connectivity index (χ4v) is 0.354. The third-order valence-corrected chi connectivity index (χ3v) is 0.707. The van der Waals surface area contributed by atoms with E-state index in [-0.39, 0.29) is 19.8 Å². The minimum absolute atomic E-state index is 0. The van der Waals surface area contributed by atoms with Crippen molar-refractivity contribution >= 4 is 37.5 Å². The van der Waals surface area contributed by atoms with Crippen LogP contribution in [0.5, 0.6) is 0 Å². The average molecular weight is 132 g/mol. The molecule has 0 spiro atoms. The first kappa shape index (κ1) is 15.8. The van der Waals surface area contributed by atoms with Crippen LogP contribution >= 0.6 is 19.8 Å². The zero-order valence-corrected chi connectivity index (χ0v) is 8.36. The molecular formula is C4H15LiP2. The second-order valence-corrected chi connectivity index (χ2v) is 1.35. The van der Waals surface area contributed by atoms with Gasteiger partial charge in [0, 0.05) is 0 Å². The van der Waals surface area contributed by atoms with Crippen molar-refractivity contribution in [1.29, 1.82) is 0 Å². The van der Waals surface area contributed by atoms with Gasteiger partial charge in [0.15, 0.2) is 0 Å². The molecule has 0 nitrogen and oxygen atoms in total. The van der Waals surface area contributed by atoms with E-state index >= 15 is 0 Å². The Kier molecular flexibility index (Phi) is 35.3. The van der Waals surface area contributed by atoms with Crippen molar-refractivity contribution in [2.45, 2.75) is 24.9 Å². The van der Waals surface area contributed by atoms with E-state index in [9.17, 15) is 0 Å². The zero-order valence-electron chi connectivity index (χ0n) is 5.54. The van der Waals surface area contributed by atoms with Crippen LogP contribution in [0.2, 0.25) is 5.09 Å². The quantitative estimate of drug-likeness (QED) is 0.394. The summed E-state index contributed by atoms with van der Waals surface area (Å²) >= 11 is 2.21. The SMILES string of the molecule is P.P.[Li][CH2]CCC. The van der Waals surface area contributed by atoms with E-state index in [1.165, 1.54) is 17.9 Å². The fourth-order valence-electron chi connectivity index (χ4n) is 0.354. The molecule has 0 rings (SSSR count). The van der Waals surface area contributed by atoms with Gasteiger partial charge in [0.25, 0.3) is 0 Å². The summed E-state index contributed by atoms with van der Waals surface area (Å²) in [7, 11) is 0. The predicted molar refractivity (Wildman–Crippen MR) is 47.7 cm³/mol. The minimum atomic E-state index is 0. The topological polar surface area (TPSA) is 0 Å². The van der Waals surface area contributed by atoms with Crippen LogP contribution in [0.1, 0.15) is 19.8 Å². The van der Waals surface area contributed by atoms with E-state index in [1.807, 2.05) is 0 Å². The number of unbranched alkanes of at least 4 members (excludes halogenated alkanes) is 1. The van der Waals surface area contributed by atoms with Crippen molar-refractivity contribution in [2.24, 2.45) is 0 Å². The van der Waals surface area contributed by atoms with E-state index in [4.69, 9.17) is 0 Å². The molecule has 0 N–H and O–H groups in total. The molecule has 2 unspecified atom stereocenters. The van der Waals surface area contributed by atoms with Gasteiger partial charge in [0.2, 0.25) is 0 Å². The van der Waals surface area contributed by atoms with Crippen LogP contribution in [0.4, 0.5) is 0 Å². The van der Waals surface area contributed by atoms with Crippen molar-refractivity contribution < 1.29 is 0 Å². The molecule has 0 aliphatic rings. The normalized spacial score (nSPS) is 6.14. The van der Waals surface area contributed by atoms with E-state index in [2.05, 4.69) is 24.6 Å². The van der Waals surface area contributed by atoms with E-state index in [0.29, 0.717) is 0 Å². The zero-order chi connectivity index (χ0) is 4.12. The van der Waals surface area contributed by atoms with Gasteiger partial charge in [-0.1, -0.05) is 0 Å². The first-order valence-electron chi connectivity index (χ1n) is 2.41. The molecule has 7 heavy (non-hydrogen) atoms. The number of hydrogen-bond donors (Lipinski definition) is 0. The summed E-state index contributed by atoms with van der Waals surface area (Å²) in [6, 6.07) is 0. The molecule has 3 heteroatoms. The van der Waals surface area contributed by atoms with Gasteiger partial charge in [-0.3, -0.25) is 0 Å². The Balaban J connectivity index is -0.0000000800. The van der Waals surface area contributed by atoms with Crippen LogP contribution in [0, 0.1) is 0 Å². The summed E-state index contributed by atoms with van der Waals surface area (Å²) in [4.78, 5) is 0. The summed E-state index contributed by atoms with van der Waals surface area (Å²) < 4.78 is 0. The summed E-state index contributed by atoms with van der Waals surface area (Å²) in [6.45, 7) is 2.21. The van der Waals surface area contributed by atoms with Crippen LogP contribution in [0.15, 0.2) is 0 Å². The molecule has 0 aromatic heterocycles. The molecule has 42 valence electrons. The molecule has 0 saturated heterocycles. The summed E-state index contributed by atoms with van der Waals surface area (Å²) in [6.07, 6.45) is 2.73. The van der Waals surface area contributed by atoms with Crippen LogP contribution in [-0.4, -0.2) is 17.7 Å². The molecular weight excluding hydrogens is 117 g/mol. The van der Waals surface area contributed by atoms with E-state index in [0.717, 1.165) is 0 Å².